The van der Waals surface area contributed by atoms with Gasteiger partial charge in [-0.25, -0.2) is 0 Å². The van der Waals surface area contributed by atoms with Crippen LogP contribution in [0.2, 0.25) is 0 Å². The van der Waals surface area contributed by atoms with Crippen LogP contribution in [0.25, 0.3) is 0 Å². The molecule has 0 spiro atoms. The van der Waals surface area contributed by atoms with Crippen LogP contribution in [0.1, 0.15) is 6.92 Å². The summed E-state index contributed by atoms with van der Waals surface area (Å²) in [4.78, 5) is 0. The van der Waals surface area contributed by atoms with Crippen LogP contribution in [-0.2, 0) is 0 Å². The number of rotatable bonds is 0. The average molecular weight is 210 g/mol. The lowest BCUT2D eigenvalue weighted by molar-refractivity contribution is 0.683. The molecular formula is C4H7IN2. The van der Waals surface area contributed by atoms with E-state index in [2.05, 4.69) is 40.0 Å². The fraction of sp³-hybridized carbons (Fsp3) is 0.750. The van der Waals surface area contributed by atoms with Gasteiger partial charge in [0, 0.05) is 12.1 Å². The highest BCUT2D eigenvalue weighted by molar-refractivity contribution is 14.1. The fourth-order valence-electron chi connectivity index (χ4n) is 0.425. The lowest BCUT2D eigenvalue weighted by atomic mass is 10.2. The topological polar surface area (TPSA) is 24.4 Å². The van der Waals surface area contributed by atoms with E-state index < -0.39 is 0 Å². The van der Waals surface area contributed by atoms with Gasteiger partial charge in [0.25, 0.3) is 0 Å². The average Bonchev–Trinajstić information content (AvgIpc) is 1.91. The molecule has 0 aromatic carbocycles. The first-order chi connectivity index (χ1) is 3.30. The van der Waals surface area contributed by atoms with Gasteiger partial charge in [-0.2, -0.15) is 5.10 Å². The predicted molar refractivity (Wildman–Crippen MR) is 38.6 cm³/mol. The summed E-state index contributed by atoms with van der Waals surface area (Å²) in [5.74, 6) is 0.598. The summed E-state index contributed by atoms with van der Waals surface area (Å²) in [7, 11) is 0. The Kier molecular flexibility index (Phi) is 1.51. The molecule has 40 valence electrons. The standard InChI is InChI=1S/C4H7IN2/c1-3-2-6-7-4(3)5/h2-4,7H,1H3. The molecule has 0 aromatic heterocycles. The molecule has 1 heterocycles. The van der Waals surface area contributed by atoms with Gasteiger partial charge in [-0.05, 0) is 0 Å². The summed E-state index contributed by atoms with van der Waals surface area (Å²) in [6, 6.07) is 0. The molecule has 0 aromatic rings. The lowest BCUT2D eigenvalue weighted by Crippen LogP contribution is -2.16. The summed E-state index contributed by atoms with van der Waals surface area (Å²) in [5.41, 5.74) is 2.93. The van der Waals surface area contributed by atoms with Crippen LogP contribution in [0.5, 0.6) is 0 Å². The van der Waals surface area contributed by atoms with Crippen LogP contribution in [0.4, 0.5) is 0 Å². The number of hydrogen-bond donors (Lipinski definition) is 1. The van der Waals surface area contributed by atoms with E-state index in [0.29, 0.717) is 9.97 Å². The van der Waals surface area contributed by atoms with Gasteiger partial charge < -0.3 is 0 Å². The maximum absolute atomic E-state index is 3.86. The van der Waals surface area contributed by atoms with Crippen molar-refractivity contribution < 1.29 is 0 Å². The Balaban J connectivity index is 2.45. The second-order valence-corrected chi connectivity index (χ2v) is 3.01. The second kappa shape index (κ2) is 1.98. The molecule has 0 fully saturated rings. The van der Waals surface area contributed by atoms with Gasteiger partial charge in [0.15, 0.2) is 0 Å². The van der Waals surface area contributed by atoms with Gasteiger partial charge in [-0.1, -0.05) is 29.5 Å². The third-order valence-electron chi connectivity index (χ3n) is 0.969. The number of alkyl halides is 1. The Morgan fingerprint density at radius 1 is 1.86 bits per heavy atom. The Morgan fingerprint density at radius 3 is 2.71 bits per heavy atom. The normalized spacial score (nSPS) is 38.6. The van der Waals surface area contributed by atoms with Gasteiger partial charge in [0.2, 0.25) is 0 Å². The van der Waals surface area contributed by atoms with Gasteiger partial charge in [0.05, 0.1) is 0 Å². The molecule has 2 unspecified atom stereocenters. The van der Waals surface area contributed by atoms with E-state index in [0.717, 1.165) is 0 Å². The minimum atomic E-state index is 0.512. The van der Waals surface area contributed by atoms with E-state index in [1.165, 1.54) is 0 Å². The van der Waals surface area contributed by atoms with Crippen LogP contribution < -0.4 is 5.43 Å². The smallest absolute Gasteiger partial charge is 0.103 e. The minimum Gasteiger partial charge on any atom is -0.297 e. The van der Waals surface area contributed by atoms with Crippen LogP contribution in [-0.4, -0.2) is 10.3 Å². The SMILES string of the molecule is CC1C=NNC1I. The van der Waals surface area contributed by atoms with Crippen molar-refractivity contribution in [1.29, 1.82) is 0 Å². The maximum Gasteiger partial charge on any atom is 0.103 e. The van der Waals surface area contributed by atoms with Crippen molar-refractivity contribution in [2.45, 2.75) is 11.0 Å². The molecule has 0 bridgehead atoms. The van der Waals surface area contributed by atoms with Crippen molar-refractivity contribution in [2.75, 3.05) is 0 Å². The molecule has 1 rings (SSSR count). The highest BCUT2D eigenvalue weighted by atomic mass is 127. The minimum absolute atomic E-state index is 0.512. The molecule has 3 heteroatoms. The molecule has 0 aliphatic carbocycles. The molecule has 1 aliphatic heterocycles. The highest BCUT2D eigenvalue weighted by Gasteiger charge is 2.13. The summed E-state index contributed by atoms with van der Waals surface area (Å²) in [6.45, 7) is 2.14. The number of nitrogens with zero attached hydrogens (tertiary/aromatic N) is 1. The fourth-order valence-corrected chi connectivity index (χ4v) is 0.771. The third kappa shape index (κ3) is 1.05. The third-order valence-corrected chi connectivity index (χ3v) is 2.38. The molecule has 7 heavy (non-hydrogen) atoms. The van der Waals surface area contributed by atoms with Crippen molar-refractivity contribution in [3.8, 4) is 0 Å². The van der Waals surface area contributed by atoms with Crippen molar-refractivity contribution in [3.05, 3.63) is 0 Å². The summed E-state index contributed by atoms with van der Waals surface area (Å²) in [5, 5.41) is 3.86. The molecule has 2 nitrogen and oxygen atoms in total. The monoisotopic (exact) mass is 210 g/mol. The van der Waals surface area contributed by atoms with Gasteiger partial charge in [-0.3, -0.25) is 5.43 Å². The molecule has 0 radical (unpaired) electrons. The van der Waals surface area contributed by atoms with Gasteiger partial charge >= 0.3 is 0 Å². The number of halogens is 1. The van der Waals surface area contributed by atoms with Crippen LogP contribution in [0, 0.1) is 5.92 Å². The molecule has 0 amide bonds. The van der Waals surface area contributed by atoms with E-state index in [1.807, 2.05) is 6.21 Å². The molecule has 1 N–H and O–H groups in total. The first-order valence-electron chi connectivity index (χ1n) is 2.23. The van der Waals surface area contributed by atoms with Crippen molar-refractivity contribution in [2.24, 2.45) is 11.0 Å². The Morgan fingerprint density at radius 2 is 2.57 bits per heavy atom. The van der Waals surface area contributed by atoms with Crippen LogP contribution >= 0.6 is 22.6 Å². The zero-order chi connectivity index (χ0) is 5.28. The lowest BCUT2D eigenvalue weighted by Gasteiger charge is -2.02. The van der Waals surface area contributed by atoms with E-state index >= 15 is 0 Å². The molecule has 0 saturated carbocycles. The highest BCUT2D eigenvalue weighted by Crippen LogP contribution is 2.11. The predicted octanol–water partition coefficient (Wildman–Crippen LogP) is 0.973. The van der Waals surface area contributed by atoms with Gasteiger partial charge in [0.1, 0.15) is 4.05 Å². The summed E-state index contributed by atoms with van der Waals surface area (Å²) < 4.78 is 0.512. The first kappa shape index (κ1) is 5.34. The Hall–Kier alpha value is 0.200. The quantitative estimate of drug-likeness (QED) is 0.359. The summed E-state index contributed by atoms with van der Waals surface area (Å²) >= 11 is 2.32. The number of nitrogens with one attached hydrogen (secondary N) is 1. The van der Waals surface area contributed by atoms with Crippen LogP contribution in [0.3, 0.4) is 0 Å². The number of hydrazone groups is 1. The molecular weight excluding hydrogens is 203 g/mol. The van der Waals surface area contributed by atoms with Crippen LogP contribution in [0.15, 0.2) is 5.10 Å². The van der Waals surface area contributed by atoms with E-state index in [9.17, 15) is 0 Å². The van der Waals surface area contributed by atoms with Crippen molar-refractivity contribution in [3.63, 3.8) is 0 Å². The zero-order valence-corrected chi connectivity index (χ0v) is 6.21. The number of hydrogen-bond acceptors (Lipinski definition) is 2. The van der Waals surface area contributed by atoms with Gasteiger partial charge in [-0.15, -0.1) is 0 Å². The molecule has 1 aliphatic rings. The van der Waals surface area contributed by atoms with E-state index in [4.69, 9.17) is 0 Å². The maximum atomic E-state index is 3.86. The summed E-state index contributed by atoms with van der Waals surface area (Å²) in [6.07, 6.45) is 1.93. The molecule has 0 saturated heterocycles. The van der Waals surface area contributed by atoms with Crippen molar-refractivity contribution >= 4 is 28.8 Å². The van der Waals surface area contributed by atoms with E-state index in [1.54, 1.807) is 0 Å². The first-order valence-corrected chi connectivity index (χ1v) is 3.48. The largest absolute Gasteiger partial charge is 0.297 e. The van der Waals surface area contributed by atoms with Crippen molar-refractivity contribution in [1.82, 2.24) is 5.43 Å². The Bertz CT molecular complexity index is 91.7. The zero-order valence-electron chi connectivity index (χ0n) is 4.06. The van der Waals surface area contributed by atoms with E-state index in [-0.39, 0.29) is 0 Å². The molecule has 2 atom stereocenters. The second-order valence-electron chi connectivity index (χ2n) is 1.67. The Labute approximate surface area is 56.5 Å².